The van der Waals surface area contributed by atoms with E-state index in [0.29, 0.717) is 0 Å². The van der Waals surface area contributed by atoms with Crippen molar-refractivity contribution in [2.75, 3.05) is 13.7 Å². The lowest BCUT2D eigenvalue weighted by molar-refractivity contribution is 0.199. The average molecular weight is 120 g/mol. The Labute approximate surface area is 54.1 Å². The molecule has 0 aliphatic carbocycles. The Morgan fingerprint density at radius 3 is 1.62 bits per heavy atom. The molecule has 0 fully saturated rings. The molecule has 1 heteroatoms. The maximum absolute atomic E-state index is 4.69. The SMILES string of the molecule is C.CC.CCCOC. The van der Waals surface area contributed by atoms with Crippen molar-refractivity contribution in [3.63, 3.8) is 0 Å². The largest absolute Gasteiger partial charge is 0.385 e. The zero-order valence-corrected chi connectivity index (χ0v) is 5.82. The van der Waals surface area contributed by atoms with Gasteiger partial charge in [0.15, 0.2) is 0 Å². The molecule has 0 aromatic carbocycles. The lowest BCUT2D eigenvalue weighted by Gasteiger charge is -1.84. The van der Waals surface area contributed by atoms with Gasteiger partial charge in [-0.1, -0.05) is 28.2 Å². The Morgan fingerprint density at radius 2 is 1.62 bits per heavy atom. The summed E-state index contributed by atoms with van der Waals surface area (Å²) in [5.74, 6) is 0. The zero-order valence-electron chi connectivity index (χ0n) is 5.82. The Hall–Kier alpha value is -0.0400. The van der Waals surface area contributed by atoms with Crippen LogP contribution in [0, 0.1) is 0 Å². The van der Waals surface area contributed by atoms with E-state index < -0.39 is 0 Å². The molecular weight excluding hydrogens is 100 g/mol. The molecule has 0 aliphatic heterocycles. The summed E-state index contributed by atoms with van der Waals surface area (Å²) in [6, 6.07) is 0. The predicted molar refractivity (Wildman–Crippen MR) is 40.2 cm³/mol. The van der Waals surface area contributed by atoms with Crippen molar-refractivity contribution in [1.82, 2.24) is 0 Å². The molecular formula is C7H20O. The van der Waals surface area contributed by atoms with Gasteiger partial charge in [-0.3, -0.25) is 0 Å². The second-order valence-corrected chi connectivity index (χ2v) is 0.993. The van der Waals surface area contributed by atoms with Crippen LogP contribution in [-0.2, 0) is 4.74 Å². The van der Waals surface area contributed by atoms with Crippen molar-refractivity contribution in [3.05, 3.63) is 0 Å². The van der Waals surface area contributed by atoms with Crippen LogP contribution < -0.4 is 0 Å². The number of rotatable bonds is 2. The summed E-state index contributed by atoms with van der Waals surface area (Å²) in [5.41, 5.74) is 0. The molecule has 0 spiro atoms. The van der Waals surface area contributed by atoms with Crippen molar-refractivity contribution in [3.8, 4) is 0 Å². The van der Waals surface area contributed by atoms with Crippen LogP contribution in [0.15, 0.2) is 0 Å². The monoisotopic (exact) mass is 120 g/mol. The third-order valence-corrected chi connectivity index (χ3v) is 0.408. The van der Waals surface area contributed by atoms with Gasteiger partial charge in [0.1, 0.15) is 0 Å². The van der Waals surface area contributed by atoms with Crippen molar-refractivity contribution < 1.29 is 4.74 Å². The van der Waals surface area contributed by atoms with E-state index in [1.807, 2.05) is 13.8 Å². The van der Waals surface area contributed by atoms with E-state index in [-0.39, 0.29) is 7.43 Å². The summed E-state index contributed by atoms with van der Waals surface area (Å²) in [5, 5.41) is 0. The van der Waals surface area contributed by atoms with Gasteiger partial charge < -0.3 is 4.74 Å². The molecule has 1 nitrogen and oxygen atoms in total. The minimum atomic E-state index is 0. The maximum Gasteiger partial charge on any atom is 0.0459 e. The topological polar surface area (TPSA) is 9.23 Å². The lowest BCUT2D eigenvalue weighted by Crippen LogP contribution is -1.80. The third kappa shape index (κ3) is 38.2. The van der Waals surface area contributed by atoms with Gasteiger partial charge in [-0.15, -0.1) is 0 Å². The smallest absolute Gasteiger partial charge is 0.0459 e. The fraction of sp³-hybridized carbons (Fsp3) is 1.00. The second kappa shape index (κ2) is 28.2. The summed E-state index contributed by atoms with van der Waals surface area (Å²) in [6.45, 7) is 6.98. The molecule has 0 aromatic heterocycles. The molecule has 0 unspecified atom stereocenters. The van der Waals surface area contributed by atoms with E-state index in [1.54, 1.807) is 7.11 Å². The molecule has 0 atom stereocenters. The van der Waals surface area contributed by atoms with Gasteiger partial charge in [-0.2, -0.15) is 0 Å². The Morgan fingerprint density at radius 1 is 1.25 bits per heavy atom. The molecule has 0 saturated carbocycles. The van der Waals surface area contributed by atoms with Crippen molar-refractivity contribution in [1.29, 1.82) is 0 Å². The average Bonchev–Trinajstić information content (AvgIpc) is 1.75. The Kier molecular flexibility index (Phi) is 55.3. The van der Waals surface area contributed by atoms with Gasteiger partial charge in [-0.25, -0.2) is 0 Å². The maximum atomic E-state index is 4.69. The van der Waals surface area contributed by atoms with E-state index in [4.69, 9.17) is 4.74 Å². The minimum absolute atomic E-state index is 0. The van der Waals surface area contributed by atoms with Crippen molar-refractivity contribution in [2.24, 2.45) is 0 Å². The van der Waals surface area contributed by atoms with Gasteiger partial charge in [0.25, 0.3) is 0 Å². The first-order valence-electron chi connectivity index (χ1n) is 2.90. The first-order valence-corrected chi connectivity index (χ1v) is 2.90. The van der Waals surface area contributed by atoms with E-state index in [0.717, 1.165) is 13.0 Å². The molecule has 0 heterocycles. The quantitative estimate of drug-likeness (QED) is 0.544. The molecule has 0 N–H and O–H groups in total. The van der Waals surface area contributed by atoms with Gasteiger partial charge in [0, 0.05) is 13.7 Å². The molecule has 0 rings (SSSR count). The fourth-order valence-corrected chi connectivity index (χ4v) is 0.204. The molecule has 0 bridgehead atoms. The molecule has 0 aromatic rings. The highest BCUT2D eigenvalue weighted by Gasteiger charge is 1.66. The summed E-state index contributed by atoms with van der Waals surface area (Å²) in [4.78, 5) is 0. The van der Waals surface area contributed by atoms with Gasteiger partial charge >= 0.3 is 0 Å². The van der Waals surface area contributed by atoms with Crippen LogP contribution in [-0.4, -0.2) is 13.7 Å². The first kappa shape index (κ1) is 15.7. The van der Waals surface area contributed by atoms with E-state index in [1.165, 1.54) is 0 Å². The second-order valence-electron chi connectivity index (χ2n) is 0.993. The Balaban J connectivity index is -0.0000000750. The molecule has 54 valence electrons. The molecule has 0 aliphatic rings. The lowest BCUT2D eigenvalue weighted by atomic mass is 10.5. The van der Waals surface area contributed by atoms with Crippen LogP contribution in [0.1, 0.15) is 34.6 Å². The van der Waals surface area contributed by atoms with Gasteiger partial charge in [0.05, 0.1) is 0 Å². The first-order chi connectivity index (χ1) is 3.41. The normalized spacial score (nSPS) is 6.00. The molecule has 8 heavy (non-hydrogen) atoms. The minimum Gasteiger partial charge on any atom is -0.385 e. The zero-order chi connectivity index (χ0) is 6.12. The van der Waals surface area contributed by atoms with Crippen LogP contribution in [0.2, 0.25) is 0 Å². The summed E-state index contributed by atoms with van der Waals surface area (Å²) in [6.07, 6.45) is 1.12. The van der Waals surface area contributed by atoms with Crippen molar-refractivity contribution >= 4 is 0 Å². The summed E-state index contributed by atoms with van der Waals surface area (Å²) < 4.78 is 4.69. The molecule has 0 amide bonds. The predicted octanol–water partition coefficient (Wildman–Crippen LogP) is 2.71. The molecule has 0 radical (unpaired) electrons. The number of hydrogen-bond donors (Lipinski definition) is 0. The van der Waals surface area contributed by atoms with Gasteiger partial charge in [0.2, 0.25) is 0 Å². The summed E-state index contributed by atoms with van der Waals surface area (Å²) >= 11 is 0. The van der Waals surface area contributed by atoms with E-state index in [9.17, 15) is 0 Å². The summed E-state index contributed by atoms with van der Waals surface area (Å²) in [7, 11) is 1.71. The highest BCUT2D eigenvalue weighted by molar-refractivity contribution is 4.15. The number of hydrogen-bond acceptors (Lipinski definition) is 1. The standard InChI is InChI=1S/C4H10O.C2H6.CH4/c1-3-4-5-2;1-2;/h3-4H2,1-2H3;1-2H3;1H4. The van der Waals surface area contributed by atoms with E-state index in [2.05, 4.69) is 6.92 Å². The van der Waals surface area contributed by atoms with Crippen molar-refractivity contribution in [2.45, 2.75) is 34.6 Å². The van der Waals surface area contributed by atoms with Crippen LogP contribution in [0.4, 0.5) is 0 Å². The fourth-order valence-electron chi connectivity index (χ4n) is 0.204. The van der Waals surface area contributed by atoms with Crippen LogP contribution in [0.25, 0.3) is 0 Å². The highest BCUT2D eigenvalue weighted by atomic mass is 16.5. The number of ether oxygens (including phenoxy) is 1. The highest BCUT2D eigenvalue weighted by Crippen LogP contribution is 1.70. The molecule has 0 saturated heterocycles. The van der Waals surface area contributed by atoms with Crippen LogP contribution >= 0.6 is 0 Å². The van der Waals surface area contributed by atoms with Crippen LogP contribution in [0.3, 0.4) is 0 Å². The van der Waals surface area contributed by atoms with Crippen LogP contribution in [0.5, 0.6) is 0 Å². The number of methoxy groups -OCH3 is 1. The Bertz CT molecular complexity index is 11.9. The van der Waals surface area contributed by atoms with E-state index >= 15 is 0 Å². The van der Waals surface area contributed by atoms with Gasteiger partial charge in [-0.05, 0) is 6.42 Å². The third-order valence-electron chi connectivity index (χ3n) is 0.408.